The maximum Gasteiger partial charge on any atom is 2.00 e. The SMILES string of the molecule is [Co+2].[O-]c1ccccc1C=NC1CCCCC1N=Cc1ccccc1[O-]. The fourth-order valence-electron chi connectivity index (χ4n) is 2.97. The van der Waals surface area contributed by atoms with Gasteiger partial charge in [0.1, 0.15) is 0 Å². The van der Waals surface area contributed by atoms with E-state index >= 15 is 0 Å². The molecule has 0 heterocycles. The summed E-state index contributed by atoms with van der Waals surface area (Å²) in [7, 11) is 0. The van der Waals surface area contributed by atoms with Gasteiger partial charge in [0.05, 0.1) is 12.1 Å². The molecule has 0 bridgehead atoms. The first-order valence-electron chi connectivity index (χ1n) is 8.32. The van der Waals surface area contributed by atoms with Crippen LogP contribution in [0.4, 0.5) is 0 Å². The maximum atomic E-state index is 11.8. The van der Waals surface area contributed by atoms with Crippen LogP contribution in [0.15, 0.2) is 58.5 Å². The predicted molar refractivity (Wildman–Crippen MR) is 93.0 cm³/mol. The van der Waals surface area contributed by atoms with Crippen molar-refractivity contribution in [1.82, 2.24) is 0 Å². The van der Waals surface area contributed by atoms with Gasteiger partial charge in [-0.15, -0.1) is 11.5 Å². The largest absolute Gasteiger partial charge is 2.00 e. The molecule has 2 aromatic carbocycles. The Morgan fingerprint density at radius 1 is 0.720 bits per heavy atom. The number of hydrogen-bond acceptors (Lipinski definition) is 4. The molecule has 0 N–H and O–H groups in total. The first kappa shape index (κ1) is 19.2. The van der Waals surface area contributed by atoms with Crippen molar-refractivity contribution in [3.8, 4) is 11.5 Å². The molecule has 2 atom stereocenters. The molecule has 4 nitrogen and oxygen atoms in total. The van der Waals surface area contributed by atoms with Crippen LogP contribution in [0.5, 0.6) is 11.5 Å². The second kappa shape index (κ2) is 9.39. The molecule has 0 saturated heterocycles. The Balaban J connectivity index is 0.00000225. The maximum absolute atomic E-state index is 11.8. The van der Waals surface area contributed by atoms with Gasteiger partial charge in [-0.3, -0.25) is 9.98 Å². The van der Waals surface area contributed by atoms with Crippen molar-refractivity contribution in [3.05, 3.63) is 59.7 Å². The summed E-state index contributed by atoms with van der Waals surface area (Å²) in [4.78, 5) is 9.23. The summed E-state index contributed by atoms with van der Waals surface area (Å²) in [5.41, 5.74) is 1.21. The molecule has 1 fully saturated rings. The van der Waals surface area contributed by atoms with E-state index in [-0.39, 0.29) is 40.4 Å². The number of benzene rings is 2. The van der Waals surface area contributed by atoms with Crippen molar-refractivity contribution < 1.29 is 27.0 Å². The van der Waals surface area contributed by atoms with Gasteiger partial charge in [-0.25, -0.2) is 0 Å². The van der Waals surface area contributed by atoms with Crippen molar-refractivity contribution in [1.29, 1.82) is 0 Å². The van der Waals surface area contributed by atoms with Gasteiger partial charge in [0.25, 0.3) is 0 Å². The number of para-hydroxylation sites is 2. The van der Waals surface area contributed by atoms with Gasteiger partial charge in [0.15, 0.2) is 0 Å². The van der Waals surface area contributed by atoms with Crippen molar-refractivity contribution in [2.45, 2.75) is 37.8 Å². The van der Waals surface area contributed by atoms with Crippen molar-refractivity contribution in [3.63, 3.8) is 0 Å². The molecule has 0 amide bonds. The molecule has 1 aliphatic rings. The van der Waals surface area contributed by atoms with Gasteiger partial charge >= 0.3 is 16.8 Å². The summed E-state index contributed by atoms with van der Waals surface area (Å²) >= 11 is 0. The molecule has 0 aliphatic heterocycles. The first-order chi connectivity index (χ1) is 11.7. The monoisotopic (exact) mass is 379 g/mol. The molecule has 2 aromatic rings. The van der Waals surface area contributed by atoms with Crippen LogP contribution < -0.4 is 10.2 Å². The molecule has 1 aliphatic carbocycles. The Morgan fingerprint density at radius 2 is 1.12 bits per heavy atom. The van der Waals surface area contributed by atoms with Crippen LogP contribution in [-0.4, -0.2) is 24.5 Å². The van der Waals surface area contributed by atoms with Crippen LogP contribution in [0.2, 0.25) is 0 Å². The van der Waals surface area contributed by atoms with Gasteiger partial charge in [0, 0.05) is 12.4 Å². The Hall–Kier alpha value is -2.11. The molecule has 1 radical (unpaired) electrons. The minimum atomic E-state index is -0.0163. The topological polar surface area (TPSA) is 70.8 Å². The van der Waals surface area contributed by atoms with E-state index in [1.54, 1.807) is 48.8 Å². The minimum Gasteiger partial charge on any atom is -0.872 e. The Morgan fingerprint density at radius 3 is 1.52 bits per heavy atom. The average Bonchev–Trinajstić information content (AvgIpc) is 2.61. The Bertz CT molecular complexity index is 682. The molecule has 0 aromatic heterocycles. The Labute approximate surface area is 158 Å². The summed E-state index contributed by atoms with van der Waals surface area (Å²) in [6, 6.07) is 13.9. The van der Waals surface area contributed by atoms with Crippen LogP contribution in [0.1, 0.15) is 36.8 Å². The van der Waals surface area contributed by atoms with Gasteiger partial charge < -0.3 is 10.2 Å². The van der Waals surface area contributed by atoms with Crippen LogP contribution in [0.25, 0.3) is 0 Å². The third-order valence-electron chi connectivity index (χ3n) is 4.34. The minimum absolute atomic E-state index is 0. The normalized spacial score (nSPS) is 20.6. The Kier molecular flexibility index (Phi) is 7.22. The van der Waals surface area contributed by atoms with E-state index in [0.29, 0.717) is 11.1 Å². The number of hydrogen-bond donors (Lipinski definition) is 0. The van der Waals surface area contributed by atoms with E-state index < -0.39 is 0 Å². The van der Waals surface area contributed by atoms with E-state index in [1.165, 1.54) is 0 Å². The fraction of sp³-hybridized carbons (Fsp3) is 0.300. The van der Waals surface area contributed by atoms with E-state index in [2.05, 4.69) is 9.98 Å². The third kappa shape index (κ3) is 5.18. The summed E-state index contributed by atoms with van der Waals surface area (Å²) in [6.45, 7) is 0. The van der Waals surface area contributed by atoms with Gasteiger partial charge in [-0.1, -0.05) is 61.4 Å². The summed E-state index contributed by atoms with van der Waals surface area (Å²) in [5.74, 6) is -0.0326. The van der Waals surface area contributed by atoms with Crippen molar-refractivity contribution in [2.24, 2.45) is 9.98 Å². The standard InChI is InChI=1S/C20H22N2O2.Co/c23-19-11-5-1-7-15(19)13-21-17-9-3-4-10-18(17)22-14-16-8-2-6-12-20(16)24;/h1-2,5-8,11-14,17-18,23-24H,3-4,9-10H2;/q;+2/p-2. The number of aliphatic imine (C=N–C) groups is 2. The molecular formula is C20H20CoN2O2. The summed E-state index contributed by atoms with van der Waals surface area (Å²) < 4.78 is 0. The first-order valence-corrected chi connectivity index (χ1v) is 8.32. The van der Waals surface area contributed by atoms with Crippen LogP contribution in [0, 0.1) is 0 Å². The number of rotatable bonds is 4. The predicted octanol–water partition coefficient (Wildman–Crippen LogP) is 2.68. The zero-order valence-corrected chi connectivity index (χ0v) is 14.8. The molecule has 3 rings (SSSR count). The van der Waals surface area contributed by atoms with Gasteiger partial charge in [0.2, 0.25) is 0 Å². The molecule has 25 heavy (non-hydrogen) atoms. The van der Waals surface area contributed by atoms with E-state index in [0.717, 1.165) is 25.7 Å². The quantitative estimate of drug-likeness (QED) is 0.767. The van der Waals surface area contributed by atoms with E-state index in [1.807, 2.05) is 12.1 Å². The van der Waals surface area contributed by atoms with E-state index in [4.69, 9.17) is 0 Å². The fourth-order valence-corrected chi connectivity index (χ4v) is 2.97. The van der Waals surface area contributed by atoms with Crippen LogP contribution >= 0.6 is 0 Å². The van der Waals surface area contributed by atoms with E-state index in [9.17, 15) is 10.2 Å². The molecule has 131 valence electrons. The van der Waals surface area contributed by atoms with Crippen molar-refractivity contribution >= 4 is 12.4 Å². The molecular weight excluding hydrogens is 359 g/mol. The van der Waals surface area contributed by atoms with Crippen molar-refractivity contribution in [2.75, 3.05) is 0 Å². The molecule has 2 unspecified atom stereocenters. The van der Waals surface area contributed by atoms with Gasteiger partial charge in [-0.05, 0) is 24.0 Å². The average molecular weight is 379 g/mol. The number of nitrogens with zero attached hydrogens (tertiary/aromatic N) is 2. The van der Waals surface area contributed by atoms with Gasteiger partial charge in [-0.2, -0.15) is 0 Å². The zero-order valence-electron chi connectivity index (χ0n) is 13.8. The second-order valence-electron chi connectivity index (χ2n) is 6.05. The second-order valence-corrected chi connectivity index (χ2v) is 6.05. The molecule has 5 heteroatoms. The zero-order chi connectivity index (χ0) is 16.8. The van der Waals surface area contributed by atoms with Crippen LogP contribution in [0.3, 0.4) is 0 Å². The van der Waals surface area contributed by atoms with Crippen LogP contribution in [-0.2, 0) is 16.8 Å². The summed E-state index contributed by atoms with van der Waals surface area (Å²) in [6.07, 6.45) is 7.48. The smallest absolute Gasteiger partial charge is 0.872 e. The molecule has 1 saturated carbocycles. The molecule has 0 spiro atoms. The summed E-state index contributed by atoms with van der Waals surface area (Å²) in [5, 5.41) is 23.5. The third-order valence-corrected chi connectivity index (χ3v) is 4.34.